The van der Waals surface area contributed by atoms with E-state index in [0.29, 0.717) is 16.6 Å². The molecule has 0 aliphatic heterocycles. The van der Waals surface area contributed by atoms with Crippen molar-refractivity contribution in [2.24, 2.45) is 14.1 Å². The number of hydrogen-bond donors (Lipinski definition) is 1. The maximum Gasteiger partial charge on any atom is 0.330 e. The van der Waals surface area contributed by atoms with Crippen molar-refractivity contribution in [3.05, 3.63) is 81.1 Å². The SMILES string of the molecule is Cc1ccc(-n2cc3c(c2-c2ccccc2)c(=O)n(C)c(=O)n3C)c(N)c1. The van der Waals surface area contributed by atoms with Gasteiger partial charge in [0.25, 0.3) is 5.56 Å². The minimum atomic E-state index is -0.360. The normalized spacial score (nSPS) is 11.2. The fraction of sp³-hybridized carbons (Fsp3) is 0.143. The van der Waals surface area contributed by atoms with E-state index in [1.807, 2.05) is 66.2 Å². The Balaban J connectivity index is 2.23. The lowest BCUT2D eigenvalue weighted by Gasteiger charge is -2.13. The Morgan fingerprint density at radius 3 is 2.30 bits per heavy atom. The van der Waals surface area contributed by atoms with Gasteiger partial charge in [-0.25, -0.2) is 4.79 Å². The number of nitrogens with two attached hydrogens (primary N) is 1. The third-order valence-electron chi connectivity index (χ3n) is 4.93. The van der Waals surface area contributed by atoms with Crippen LogP contribution in [0.4, 0.5) is 5.69 Å². The van der Waals surface area contributed by atoms with Gasteiger partial charge in [-0.1, -0.05) is 36.4 Å². The van der Waals surface area contributed by atoms with Crippen molar-refractivity contribution in [2.75, 3.05) is 5.73 Å². The lowest BCUT2D eigenvalue weighted by Crippen LogP contribution is -2.36. The van der Waals surface area contributed by atoms with Crippen molar-refractivity contribution >= 4 is 16.6 Å². The number of hydrogen-bond acceptors (Lipinski definition) is 3. The first kappa shape index (κ1) is 16.9. The van der Waals surface area contributed by atoms with Gasteiger partial charge in [0.05, 0.1) is 28.0 Å². The lowest BCUT2D eigenvalue weighted by atomic mass is 10.1. The summed E-state index contributed by atoms with van der Waals surface area (Å²) in [7, 11) is 3.16. The molecule has 0 aliphatic carbocycles. The van der Waals surface area contributed by atoms with Gasteiger partial charge in [-0.2, -0.15) is 0 Å². The predicted molar refractivity (Wildman–Crippen MR) is 108 cm³/mol. The maximum atomic E-state index is 13.0. The van der Waals surface area contributed by atoms with E-state index in [-0.39, 0.29) is 11.2 Å². The zero-order chi connectivity index (χ0) is 19.3. The smallest absolute Gasteiger partial charge is 0.330 e. The highest BCUT2D eigenvalue weighted by Crippen LogP contribution is 2.32. The zero-order valence-electron chi connectivity index (χ0n) is 15.4. The Labute approximate surface area is 155 Å². The van der Waals surface area contributed by atoms with E-state index in [9.17, 15) is 9.59 Å². The maximum absolute atomic E-state index is 13.0. The Morgan fingerprint density at radius 2 is 1.63 bits per heavy atom. The van der Waals surface area contributed by atoms with Gasteiger partial charge in [0.15, 0.2) is 0 Å². The Hall–Kier alpha value is -3.54. The highest BCUT2D eigenvalue weighted by molar-refractivity contribution is 5.95. The monoisotopic (exact) mass is 360 g/mol. The van der Waals surface area contributed by atoms with E-state index in [2.05, 4.69) is 0 Å². The van der Waals surface area contributed by atoms with Crippen LogP contribution in [-0.4, -0.2) is 13.7 Å². The second kappa shape index (κ2) is 6.02. The highest BCUT2D eigenvalue weighted by atomic mass is 16.2. The molecule has 2 N–H and O–H groups in total. The second-order valence-electron chi connectivity index (χ2n) is 6.74. The number of rotatable bonds is 2. The summed E-state index contributed by atoms with van der Waals surface area (Å²) < 4.78 is 4.53. The number of nitrogen functional groups attached to an aromatic ring is 1. The molecule has 0 saturated carbocycles. The summed E-state index contributed by atoms with van der Waals surface area (Å²) in [5.41, 5.74) is 10.2. The first-order valence-corrected chi connectivity index (χ1v) is 8.63. The molecule has 0 fully saturated rings. The Bertz CT molecular complexity index is 1290. The molecule has 0 amide bonds. The average molecular weight is 360 g/mol. The molecule has 6 heteroatoms. The summed E-state index contributed by atoms with van der Waals surface area (Å²) in [5.74, 6) is 0. The third-order valence-corrected chi connectivity index (χ3v) is 4.93. The summed E-state index contributed by atoms with van der Waals surface area (Å²) in [6.45, 7) is 1.98. The van der Waals surface area contributed by atoms with Crippen LogP contribution in [0.1, 0.15) is 5.56 Å². The summed E-state index contributed by atoms with van der Waals surface area (Å²) in [6.07, 6.45) is 1.81. The number of fused-ring (bicyclic) bond motifs is 1. The largest absolute Gasteiger partial charge is 0.397 e. The standard InChI is InChI=1S/C21H20N4O2/c1-13-9-10-16(15(22)11-13)25-12-17-18(19(25)14-7-5-4-6-8-14)20(26)24(3)21(27)23(17)2/h4-12H,22H2,1-3H3. The van der Waals surface area contributed by atoms with E-state index in [4.69, 9.17) is 5.73 Å². The summed E-state index contributed by atoms with van der Waals surface area (Å²) >= 11 is 0. The predicted octanol–water partition coefficient (Wildman–Crippen LogP) is 2.59. The van der Waals surface area contributed by atoms with E-state index in [1.54, 1.807) is 7.05 Å². The van der Waals surface area contributed by atoms with Crippen molar-refractivity contribution in [3.8, 4) is 16.9 Å². The third kappa shape index (κ3) is 2.49. The van der Waals surface area contributed by atoms with Crippen molar-refractivity contribution in [1.29, 1.82) is 0 Å². The molecule has 2 aromatic carbocycles. The van der Waals surface area contributed by atoms with Gasteiger partial charge < -0.3 is 10.3 Å². The number of nitrogens with zero attached hydrogens (tertiary/aromatic N) is 3. The van der Waals surface area contributed by atoms with Crippen LogP contribution >= 0.6 is 0 Å². The molecule has 27 heavy (non-hydrogen) atoms. The van der Waals surface area contributed by atoms with Crippen molar-refractivity contribution < 1.29 is 0 Å². The molecule has 0 aliphatic rings. The fourth-order valence-corrected chi connectivity index (χ4v) is 3.50. The second-order valence-corrected chi connectivity index (χ2v) is 6.74. The van der Waals surface area contributed by atoms with Crippen LogP contribution in [0.15, 0.2) is 64.3 Å². The molecule has 6 nitrogen and oxygen atoms in total. The molecule has 0 spiro atoms. The van der Waals surface area contributed by atoms with Gasteiger partial charge in [0.1, 0.15) is 0 Å². The lowest BCUT2D eigenvalue weighted by molar-refractivity contribution is 0.714. The van der Waals surface area contributed by atoms with Crippen LogP contribution in [0.2, 0.25) is 0 Å². The molecule has 0 atom stereocenters. The van der Waals surface area contributed by atoms with Gasteiger partial charge in [-0.15, -0.1) is 0 Å². The fourth-order valence-electron chi connectivity index (χ4n) is 3.50. The number of anilines is 1. The van der Waals surface area contributed by atoms with Gasteiger partial charge in [0, 0.05) is 20.3 Å². The number of aromatic nitrogens is 3. The van der Waals surface area contributed by atoms with Crippen molar-refractivity contribution in [3.63, 3.8) is 0 Å². The van der Waals surface area contributed by atoms with E-state index in [0.717, 1.165) is 27.1 Å². The first-order valence-electron chi connectivity index (χ1n) is 8.63. The molecular formula is C21H20N4O2. The minimum absolute atomic E-state index is 0.323. The van der Waals surface area contributed by atoms with Crippen LogP contribution in [0.25, 0.3) is 27.8 Å². The van der Waals surface area contributed by atoms with Crippen molar-refractivity contribution in [2.45, 2.75) is 6.92 Å². The Kier molecular flexibility index (Phi) is 3.77. The number of benzene rings is 2. The average Bonchev–Trinajstić information content (AvgIpc) is 3.06. The molecule has 0 radical (unpaired) electrons. The van der Waals surface area contributed by atoms with Gasteiger partial charge in [0.2, 0.25) is 0 Å². The van der Waals surface area contributed by atoms with Gasteiger partial charge >= 0.3 is 5.69 Å². The van der Waals surface area contributed by atoms with Gasteiger partial charge in [-0.3, -0.25) is 13.9 Å². The van der Waals surface area contributed by atoms with Crippen LogP contribution in [-0.2, 0) is 14.1 Å². The molecule has 2 heterocycles. The molecule has 4 rings (SSSR count). The first-order chi connectivity index (χ1) is 12.9. The molecule has 136 valence electrons. The van der Waals surface area contributed by atoms with Crippen LogP contribution in [0, 0.1) is 6.92 Å². The topological polar surface area (TPSA) is 75.0 Å². The minimum Gasteiger partial charge on any atom is -0.397 e. The highest BCUT2D eigenvalue weighted by Gasteiger charge is 2.20. The van der Waals surface area contributed by atoms with E-state index >= 15 is 0 Å². The van der Waals surface area contributed by atoms with Gasteiger partial charge in [-0.05, 0) is 30.2 Å². The molecule has 0 unspecified atom stereocenters. The van der Waals surface area contributed by atoms with E-state index < -0.39 is 0 Å². The molecule has 0 bridgehead atoms. The molecule has 4 aromatic rings. The van der Waals surface area contributed by atoms with E-state index in [1.165, 1.54) is 11.6 Å². The summed E-state index contributed by atoms with van der Waals surface area (Å²) in [5, 5.41) is 0.491. The summed E-state index contributed by atoms with van der Waals surface area (Å²) in [6, 6.07) is 15.5. The zero-order valence-corrected chi connectivity index (χ0v) is 15.4. The van der Waals surface area contributed by atoms with Crippen LogP contribution in [0.3, 0.4) is 0 Å². The summed E-state index contributed by atoms with van der Waals surface area (Å²) in [4.78, 5) is 25.4. The van der Waals surface area contributed by atoms with Crippen LogP contribution in [0.5, 0.6) is 0 Å². The molecule has 2 aromatic heterocycles. The van der Waals surface area contributed by atoms with Crippen LogP contribution < -0.4 is 17.0 Å². The molecular weight excluding hydrogens is 340 g/mol. The number of aryl methyl sites for hydroxylation is 2. The van der Waals surface area contributed by atoms with Crippen molar-refractivity contribution in [1.82, 2.24) is 13.7 Å². The molecule has 0 saturated heterocycles. The quantitative estimate of drug-likeness (QED) is 0.558. The Morgan fingerprint density at radius 1 is 0.926 bits per heavy atom.